The zero-order valence-electron chi connectivity index (χ0n) is 15.4. The lowest BCUT2D eigenvalue weighted by molar-refractivity contribution is -0.129. The number of nitrogens with zero attached hydrogens (tertiary/aromatic N) is 2. The van der Waals surface area contributed by atoms with Gasteiger partial charge in [-0.1, -0.05) is 52.4 Å². The molecule has 1 fully saturated rings. The molecule has 1 aliphatic rings. The van der Waals surface area contributed by atoms with Crippen LogP contribution in [-0.2, 0) is 4.79 Å². The highest BCUT2D eigenvalue weighted by Gasteiger charge is 2.25. The van der Waals surface area contributed by atoms with Gasteiger partial charge in [0.25, 0.3) is 0 Å². The van der Waals surface area contributed by atoms with E-state index in [9.17, 15) is 4.79 Å². The standard InChI is InChI=1S/C18H36N4O/c1-4-6-7-8-9-10-11-13-20-18(19-3)21-16-12-14-22(15-16)17(23)5-2/h16H,4-15H2,1-3H3,(H2,19,20,21). The zero-order chi connectivity index (χ0) is 16.9. The molecule has 0 aliphatic carbocycles. The molecule has 2 N–H and O–H groups in total. The molecule has 0 radical (unpaired) electrons. The third-order valence-electron chi connectivity index (χ3n) is 4.48. The Balaban J connectivity index is 2.10. The first-order valence-electron chi connectivity index (χ1n) is 9.46. The van der Waals surface area contributed by atoms with E-state index in [-0.39, 0.29) is 5.91 Å². The van der Waals surface area contributed by atoms with Crippen LogP contribution in [0.15, 0.2) is 4.99 Å². The molecule has 1 heterocycles. The number of rotatable bonds is 10. The Morgan fingerprint density at radius 3 is 2.48 bits per heavy atom. The lowest BCUT2D eigenvalue weighted by Crippen LogP contribution is -2.45. The van der Waals surface area contributed by atoms with Crippen LogP contribution in [0.1, 0.15) is 71.6 Å². The molecule has 134 valence electrons. The molecule has 1 atom stereocenters. The largest absolute Gasteiger partial charge is 0.356 e. The van der Waals surface area contributed by atoms with Crippen LogP contribution in [0.4, 0.5) is 0 Å². The van der Waals surface area contributed by atoms with Gasteiger partial charge in [-0.15, -0.1) is 0 Å². The molecule has 5 heteroatoms. The number of hydrogen-bond acceptors (Lipinski definition) is 2. The average molecular weight is 325 g/mol. The Labute approximate surface area is 142 Å². The lowest BCUT2D eigenvalue weighted by Gasteiger charge is -2.18. The topological polar surface area (TPSA) is 56.7 Å². The summed E-state index contributed by atoms with van der Waals surface area (Å²) in [5.74, 6) is 1.12. The molecule has 1 saturated heterocycles. The summed E-state index contributed by atoms with van der Waals surface area (Å²) in [6.07, 6.45) is 10.8. The molecule has 5 nitrogen and oxygen atoms in total. The Morgan fingerprint density at radius 1 is 1.13 bits per heavy atom. The molecule has 1 rings (SSSR count). The molecule has 23 heavy (non-hydrogen) atoms. The van der Waals surface area contributed by atoms with Crippen molar-refractivity contribution in [2.45, 2.75) is 77.7 Å². The monoisotopic (exact) mass is 324 g/mol. The van der Waals surface area contributed by atoms with Crippen molar-refractivity contribution in [3.63, 3.8) is 0 Å². The highest BCUT2D eigenvalue weighted by Crippen LogP contribution is 2.10. The van der Waals surface area contributed by atoms with Gasteiger partial charge in [-0.05, 0) is 12.8 Å². The van der Waals surface area contributed by atoms with Gasteiger partial charge in [-0.2, -0.15) is 0 Å². The summed E-state index contributed by atoms with van der Waals surface area (Å²) in [6.45, 7) is 6.80. The SMILES string of the molecule is CCCCCCCCCNC(=NC)NC1CCN(C(=O)CC)C1. The van der Waals surface area contributed by atoms with Crippen LogP contribution >= 0.6 is 0 Å². The number of likely N-dealkylation sites (tertiary alicyclic amines) is 1. The van der Waals surface area contributed by atoms with E-state index >= 15 is 0 Å². The molecule has 0 spiro atoms. The van der Waals surface area contributed by atoms with Crippen LogP contribution in [-0.4, -0.2) is 49.5 Å². The Hall–Kier alpha value is -1.26. The van der Waals surface area contributed by atoms with Crippen LogP contribution in [0, 0.1) is 0 Å². The van der Waals surface area contributed by atoms with Gasteiger partial charge < -0.3 is 15.5 Å². The summed E-state index contributed by atoms with van der Waals surface area (Å²) in [7, 11) is 1.81. The van der Waals surface area contributed by atoms with Crippen molar-refractivity contribution in [2.24, 2.45) is 4.99 Å². The van der Waals surface area contributed by atoms with Crippen LogP contribution in [0.25, 0.3) is 0 Å². The highest BCUT2D eigenvalue weighted by molar-refractivity contribution is 5.80. The number of aliphatic imine (C=N–C) groups is 1. The minimum atomic E-state index is 0.250. The van der Waals surface area contributed by atoms with Crippen molar-refractivity contribution in [3.8, 4) is 0 Å². The van der Waals surface area contributed by atoms with Crippen molar-refractivity contribution < 1.29 is 4.79 Å². The Morgan fingerprint density at radius 2 is 1.83 bits per heavy atom. The average Bonchev–Trinajstić information content (AvgIpc) is 3.04. The van der Waals surface area contributed by atoms with Gasteiger partial charge in [0.1, 0.15) is 0 Å². The summed E-state index contributed by atoms with van der Waals surface area (Å²) < 4.78 is 0. The summed E-state index contributed by atoms with van der Waals surface area (Å²) >= 11 is 0. The Kier molecular flexibility index (Phi) is 10.5. The van der Waals surface area contributed by atoms with Crippen molar-refractivity contribution in [2.75, 3.05) is 26.7 Å². The second kappa shape index (κ2) is 12.2. The molecular weight excluding hydrogens is 288 g/mol. The molecule has 1 unspecified atom stereocenters. The fourth-order valence-corrected chi connectivity index (χ4v) is 3.01. The van der Waals surface area contributed by atoms with Gasteiger partial charge in [0.05, 0.1) is 0 Å². The third kappa shape index (κ3) is 8.24. The number of amides is 1. The molecule has 1 amide bonds. The normalized spacial score (nSPS) is 18.3. The first-order chi connectivity index (χ1) is 11.2. The zero-order valence-corrected chi connectivity index (χ0v) is 15.4. The van der Waals surface area contributed by atoms with E-state index in [1.165, 1.54) is 44.9 Å². The van der Waals surface area contributed by atoms with Gasteiger partial charge in [0.15, 0.2) is 5.96 Å². The quantitative estimate of drug-likeness (QED) is 0.369. The van der Waals surface area contributed by atoms with E-state index in [2.05, 4.69) is 22.5 Å². The molecule has 0 bridgehead atoms. The lowest BCUT2D eigenvalue weighted by atomic mass is 10.1. The molecule has 0 aromatic rings. The number of hydrogen-bond donors (Lipinski definition) is 2. The summed E-state index contributed by atoms with van der Waals surface area (Å²) in [5, 5.41) is 6.83. The number of unbranched alkanes of at least 4 members (excludes halogenated alkanes) is 6. The summed E-state index contributed by atoms with van der Waals surface area (Å²) in [5.41, 5.74) is 0. The van der Waals surface area contributed by atoms with Crippen LogP contribution in [0.5, 0.6) is 0 Å². The summed E-state index contributed by atoms with van der Waals surface area (Å²) in [6, 6.07) is 0.325. The van der Waals surface area contributed by atoms with Crippen LogP contribution in [0.3, 0.4) is 0 Å². The minimum absolute atomic E-state index is 0.250. The van der Waals surface area contributed by atoms with E-state index in [1.54, 1.807) is 0 Å². The third-order valence-corrected chi connectivity index (χ3v) is 4.48. The molecule has 0 aromatic heterocycles. The van der Waals surface area contributed by atoms with Gasteiger partial charge in [0.2, 0.25) is 5.91 Å². The van der Waals surface area contributed by atoms with E-state index in [0.29, 0.717) is 12.5 Å². The van der Waals surface area contributed by atoms with Crippen LogP contribution < -0.4 is 10.6 Å². The number of carbonyl (C=O) groups excluding carboxylic acids is 1. The van der Waals surface area contributed by atoms with Crippen molar-refractivity contribution in [1.29, 1.82) is 0 Å². The number of guanidine groups is 1. The van der Waals surface area contributed by atoms with E-state index < -0.39 is 0 Å². The van der Waals surface area contributed by atoms with E-state index in [1.807, 2.05) is 18.9 Å². The maximum absolute atomic E-state index is 11.7. The molecule has 0 aromatic carbocycles. The van der Waals surface area contributed by atoms with Gasteiger partial charge in [-0.3, -0.25) is 9.79 Å². The van der Waals surface area contributed by atoms with Crippen LogP contribution in [0.2, 0.25) is 0 Å². The maximum atomic E-state index is 11.7. The number of carbonyl (C=O) groups is 1. The fourth-order valence-electron chi connectivity index (χ4n) is 3.01. The first kappa shape index (κ1) is 19.8. The van der Waals surface area contributed by atoms with Gasteiger partial charge in [0, 0.05) is 39.1 Å². The number of nitrogens with one attached hydrogen (secondary N) is 2. The summed E-state index contributed by atoms with van der Waals surface area (Å²) in [4.78, 5) is 17.9. The van der Waals surface area contributed by atoms with Gasteiger partial charge in [-0.25, -0.2) is 0 Å². The highest BCUT2D eigenvalue weighted by atomic mass is 16.2. The van der Waals surface area contributed by atoms with E-state index in [0.717, 1.165) is 32.0 Å². The predicted octanol–water partition coefficient (Wildman–Crippen LogP) is 2.91. The first-order valence-corrected chi connectivity index (χ1v) is 9.46. The Bertz CT molecular complexity index is 357. The second-order valence-electron chi connectivity index (χ2n) is 6.44. The smallest absolute Gasteiger partial charge is 0.222 e. The molecule has 0 saturated carbocycles. The fraction of sp³-hybridized carbons (Fsp3) is 0.889. The van der Waals surface area contributed by atoms with Gasteiger partial charge >= 0.3 is 0 Å². The maximum Gasteiger partial charge on any atom is 0.222 e. The predicted molar refractivity (Wildman–Crippen MR) is 97.8 cm³/mol. The minimum Gasteiger partial charge on any atom is -0.356 e. The molecule has 1 aliphatic heterocycles. The molecular formula is C18H36N4O. The van der Waals surface area contributed by atoms with Crippen molar-refractivity contribution in [3.05, 3.63) is 0 Å². The van der Waals surface area contributed by atoms with E-state index in [4.69, 9.17) is 0 Å². The second-order valence-corrected chi connectivity index (χ2v) is 6.44. The van der Waals surface area contributed by atoms with Crippen molar-refractivity contribution in [1.82, 2.24) is 15.5 Å². The van der Waals surface area contributed by atoms with Crippen molar-refractivity contribution >= 4 is 11.9 Å².